The number of aliphatic hydroxyl groups excluding tert-OH is 1. The second-order valence-electron chi connectivity index (χ2n) is 3.46. The van der Waals surface area contributed by atoms with Crippen LogP contribution in [0.25, 0.3) is 16.7 Å². The number of hydrogen-bond donors (Lipinski definition) is 2. The van der Waals surface area contributed by atoms with Crippen LogP contribution in [0.5, 0.6) is 0 Å². The van der Waals surface area contributed by atoms with Crippen LogP contribution in [-0.2, 0) is 0 Å². The Labute approximate surface area is 88.6 Å². The third-order valence-corrected chi connectivity index (χ3v) is 2.50. The molecule has 0 spiro atoms. The minimum atomic E-state index is 0.221. The number of H-pyrrole nitrogens is 1. The van der Waals surface area contributed by atoms with Crippen LogP contribution in [0.2, 0.25) is 0 Å². The van der Waals surface area contributed by atoms with Crippen molar-refractivity contribution < 1.29 is 5.11 Å². The van der Waals surface area contributed by atoms with Crippen molar-refractivity contribution in [2.24, 2.45) is 0 Å². The van der Waals surface area contributed by atoms with Crippen LogP contribution >= 0.6 is 0 Å². The Morgan fingerprint density at radius 2 is 2.13 bits per heavy atom. The number of allylic oxidation sites excluding steroid dienone is 2. The van der Waals surface area contributed by atoms with Gasteiger partial charge in [0.1, 0.15) is 5.76 Å². The Bertz CT molecular complexity index is 534. The monoisotopic (exact) mass is 199 g/mol. The molecule has 0 aliphatic carbocycles. The van der Waals surface area contributed by atoms with Crippen LogP contribution in [0, 0.1) is 6.92 Å². The summed E-state index contributed by atoms with van der Waals surface area (Å²) in [5.41, 5.74) is 2.85. The Balaban J connectivity index is 2.68. The molecule has 0 aliphatic rings. The van der Waals surface area contributed by atoms with Crippen molar-refractivity contribution in [1.82, 2.24) is 4.98 Å². The molecule has 76 valence electrons. The third kappa shape index (κ3) is 1.54. The molecule has 2 N–H and O–H groups in total. The molecule has 0 bridgehead atoms. The van der Waals surface area contributed by atoms with Gasteiger partial charge in [-0.3, -0.25) is 0 Å². The summed E-state index contributed by atoms with van der Waals surface area (Å²) in [7, 11) is 0. The van der Waals surface area contributed by atoms with E-state index in [9.17, 15) is 5.11 Å². The smallest absolute Gasteiger partial charge is 0.139 e. The van der Waals surface area contributed by atoms with Gasteiger partial charge in [0.2, 0.25) is 0 Å². The van der Waals surface area contributed by atoms with Crippen molar-refractivity contribution in [3.8, 4) is 0 Å². The van der Waals surface area contributed by atoms with Gasteiger partial charge in [0.05, 0.1) is 5.69 Å². The zero-order chi connectivity index (χ0) is 10.8. The van der Waals surface area contributed by atoms with Gasteiger partial charge in [-0.2, -0.15) is 0 Å². The lowest BCUT2D eigenvalue weighted by Crippen LogP contribution is -1.84. The van der Waals surface area contributed by atoms with E-state index in [1.54, 1.807) is 12.2 Å². The molecule has 0 saturated carbocycles. The maximum Gasteiger partial charge on any atom is 0.139 e. The predicted molar refractivity (Wildman–Crippen MR) is 63.8 cm³/mol. The fraction of sp³-hybridized carbons (Fsp3) is 0.0769. The largest absolute Gasteiger partial charge is 0.506 e. The average molecular weight is 199 g/mol. The normalized spacial score (nSPS) is 11.9. The first-order valence-corrected chi connectivity index (χ1v) is 4.83. The number of aryl methyl sites for hydroxylation is 1. The molecule has 0 amide bonds. The number of fused-ring (bicyclic) bond motifs is 1. The van der Waals surface area contributed by atoms with Gasteiger partial charge in [0.25, 0.3) is 0 Å². The minimum absolute atomic E-state index is 0.221. The lowest BCUT2D eigenvalue weighted by Gasteiger charge is -1.96. The van der Waals surface area contributed by atoms with Crippen molar-refractivity contribution in [2.45, 2.75) is 6.92 Å². The third-order valence-electron chi connectivity index (χ3n) is 2.50. The van der Waals surface area contributed by atoms with Gasteiger partial charge in [0, 0.05) is 10.9 Å². The van der Waals surface area contributed by atoms with Gasteiger partial charge in [-0.05, 0) is 24.6 Å². The summed E-state index contributed by atoms with van der Waals surface area (Å²) in [6, 6.07) is 7.98. The highest BCUT2D eigenvalue weighted by Crippen LogP contribution is 2.25. The van der Waals surface area contributed by atoms with Crippen molar-refractivity contribution >= 4 is 16.7 Å². The van der Waals surface area contributed by atoms with E-state index in [1.165, 1.54) is 0 Å². The Morgan fingerprint density at radius 3 is 2.80 bits per heavy atom. The van der Waals surface area contributed by atoms with Crippen molar-refractivity contribution in [1.29, 1.82) is 0 Å². The second kappa shape index (κ2) is 3.65. The number of aromatic amines is 1. The molecule has 0 aliphatic heterocycles. The van der Waals surface area contributed by atoms with E-state index in [0.29, 0.717) is 0 Å². The Kier molecular flexibility index (Phi) is 2.34. The molecule has 15 heavy (non-hydrogen) atoms. The summed E-state index contributed by atoms with van der Waals surface area (Å²) in [5, 5.41) is 10.9. The van der Waals surface area contributed by atoms with E-state index in [4.69, 9.17) is 0 Å². The van der Waals surface area contributed by atoms with Crippen LogP contribution in [0.3, 0.4) is 0 Å². The van der Waals surface area contributed by atoms with Gasteiger partial charge in [-0.1, -0.05) is 30.9 Å². The van der Waals surface area contributed by atoms with Crippen LogP contribution in [0.4, 0.5) is 0 Å². The van der Waals surface area contributed by atoms with E-state index < -0.39 is 0 Å². The van der Waals surface area contributed by atoms with Gasteiger partial charge in [-0.25, -0.2) is 0 Å². The molecule has 0 unspecified atom stereocenters. The maximum absolute atomic E-state index is 9.76. The van der Waals surface area contributed by atoms with Crippen molar-refractivity contribution in [3.05, 3.63) is 54.3 Å². The average Bonchev–Trinajstić information content (AvgIpc) is 2.57. The highest BCUT2D eigenvalue weighted by molar-refractivity contribution is 5.88. The van der Waals surface area contributed by atoms with Gasteiger partial charge in [-0.15, -0.1) is 0 Å². The van der Waals surface area contributed by atoms with E-state index in [0.717, 1.165) is 22.2 Å². The van der Waals surface area contributed by atoms with Crippen LogP contribution in [0.1, 0.15) is 11.3 Å². The lowest BCUT2D eigenvalue weighted by molar-refractivity contribution is 0.509. The molecule has 1 heterocycles. The van der Waals surface area contributed by atoms with E-state index in [1.807, 2.05) is 31.2 Å². The number of para-hydroxylation sites is 1. The standard InChI is InChI=1S/C13H13NO/c1-3-6-12(15)13-9(2)10-7-4-5-8-11(10)14-13/h3-8,14-15H,1H2,2H3/b12-6+. The van der Waals surface area contributed by atoms with Crippen molar-refractivity contribution in [2.75, 3.05) is 0 Å². The minimum Gasteiger partial charge on any atom is -0.506 e. The van der Waals surface area contributed by atoms with Crippen molar-refractivity contribution in [3.63, 3.8) is 0 Å². The lowest BCUT2D eigenvalue weighted by atomic mass is 10.1. The first kappa shape index (κ1) is 9.59. The molecule has 1 aromatic heterocycles. The molecule has 1 aromatic carbocycles. The fourth-order valence-corrected chi connectivity index (χ4v) is 1.73. The molecular weight excluding hydrogens is 186 g/mol. The van der Waals surface area contributed by atoms with Gasteiger partial charge < -0.3 is 10.1 Å². The fourth-order valence-electron chi connectivity index (χ4n) is 1.73. The van der Waals surface area contributed by atoms with Crippen LogP contribution in [-0.4, -0.2) is 10.1 Å². The van der Waals surface area contributed by atoms with Gasteiger partial charge in [0.15, 0.2) is 0 Å². The number of benzene rings is 1. The van der Waals surface area contributed by atoms with E-state index in [-0.39, 0.29) is 5.76 Å². The van der Waals surface area contributed by atoms with Crippen LogP contribution in [0.15, 0.2) is 43.0 Å². The number of rotatable bonds is 2. The first-order valence-electron chi connectivity index (χ1n) is 4.83. The number of nitrogens with one attached hydrogen (secondary N) is 1. The molecule has 0 saturated heterocycles. The molecule has 2 aromatic rings. The van der Waals surface area contributed by atoms with Gasteiger partial charge >= 0.3 is 0 Å². The quantitative estimate of drug-likeness (QED) is 0.563. The Morgan fingerprint density at radius 1 is 1.40 bits per heavy atom. The molecule has 2 rings (SSSR count). The SMILES string of the molecule is C=C/C=C(/O)c1[nH]c2ccccc2c1C. The number of aromatic nitrogens is 1. The second-order valence-corrected chi connectivity index (χ2v) is 3.46. The summed E-state index contributed by atoms with van der Waals surface area (Å²) in [6.07, 6.45) is 3.15. The highest BCUT2D eigenvalue weighted by atomic mass is 16.3. The molecular formula is C13H13NO. The van der Waals surface area contributed by atoms with Crippen LogP contribution < -0.4 is 0 Å². The maximum atomic E-state index is 9.76. The molecule has 0 atom stereocenters. The molecule has 2 nitrogen and oxygen atoms in total. The zero-order valence-corrected chi connectivity index (χ0v) is 8.62. The number of aliphatic hydroxyl groups is 1. The van der Waals surface area contributed by atoms with E-state index in [2.05, 4.69) is 11.6 Å². The first-order chi connectivity index (χ1) is 7.24. The highest BCUT2D eigenvalue weighted by Gasteiger charge is 2.09. The van der Waals surface area contributed by atoms with E-state index >= 15 is 0 Å². The summed E-state index contributed by atoms with van der Waals surface area (Å²) in [4.78, 5) is 3.18. The molecule has 0 fully saturated rings. The number of hydrogen-bond acceptors (Lipinski definition) is 1. The zero-order valence-electron chi connectivity index (χ0n) is 8.62. The topological polar surface area (TPSA) is 36.0 Å². The molecule has 2 heteroatoms. The predicted octanol–water partition coefficient (Wildman–Crippen LogP) is 3.56. The Hall–Kier alpha value is -1.96. The molecule has 0 radical (unpaired) electrons. The summed E-state index contributed by atoms with van der Waals surface area (Å²) >= 11 is 0. The summed E-state index contributed by atoms with van der Waals surface area (Å²) in [6.45, 7) is 5.55. The summed E-state index contributed by atoms with van der Waals surface area (Å²) < 4.78 is 0. The summed E-state index contributed by atoms with van der Waals surface area (Å²) in [5.74, 6) is 0.221.